The Morgan fingerprint density at radius 1 is 1.16 bits per heavy atom. The highest BCUT2D eigenvalue weighted by molar-refractivity contribution is 7.89. The molecule has 1 atom stereocenters. The third-order valence-electron chi connectivity index (χ3n) is 6.68. The molecule has 2 fully saturated rings. The number of likely N-dealkylation sites (tertiary alicyclic amines) is 1. The predicted octanol–water partition coefficient (Wildman–Crippen LogP) is 3.49. The standard InChI is InChI=1S/C24H30FN3O3S/c1-18(2)17-28-21(14-19-5-7-20(25)8-6-19)15-24(23(28)29)9-12-27(13-10-24)32(30,31)22-4-3-11-26-16-22/h3-8,11,16,18,21H,9-10,12-15,17H2,1-2H3/t21-/m0/s1. The number of hydrogen-bond donors (Lipinski definition) is 0. The van der Waals surface area contributed by atoms with Crippen molar-refractivity contribution in [1.29, 1.82) is 0 Å². The van der Waals surface area contributed by atoms with Crippen molar-refractivity contribution < 1.29 is 17.6 Å². The van der Waals surface area contributed by atoms with Crippen molar-refractivity contribution in [1.82, 2.24) is 14.2 Å². The fourth-order valence-corrected chi connectivity index (χ4v) is 6.45. The minimum Gasteiger partial charge on any atom is -0.339 e. The topological polar surface area (TPSA) is 70.6 Å². The van der Waals surface area contributed by atoms with Gasteiger partial charge in [-0.25, -0.2) is 12.8 Å². The van der Waals surface area contributed by atoms with E-state index in [1.165, 1.54) is 22.6 Å². The lowest BCUT2D eigenvalue weighted by Gasteiger charge is -2.37. The minimum absolute atomic E-state index is 0.0387. The van der Waals surface area contributed by atoms with Gasteiger partial charge in [0.25, 0.3) is 0 Å². The monoisotopic (exact) mass is 459 g/mol. The maximum atomic E-state index is 13.6. The van der Waals surface area contributed by atoms with Crippen LogP contribution in [0.2, 0.25) is 0 Å². The molecule has 1 aromatic carbocycles. The Balaban J connectivity index is 1.52. The molecule has 8 heteroatoms. The van der Waals surface area contributed by atoms with Crippen LogP contribution in [-0.4, -0.2) is 54.2 Å². The van der Waals surface area contributed by atoms with Crippen LogP contribution in [0.5, 0.6) is 0 Å². The third-order valence-corrected chi connectivity index (χ3v) is 8.56. The van der Waals surface area contributed by atoms with E-state index in [0.717, 1.165) is 5.56 Å². The normalized spacial score (nSPS) is 21.6. The summed E-state index contributed by atoms with van der Waals surface area (Å²) in [5.41, 5.74) is 0.479. The fraction of sp³-hybridized carbons (Fsp3) is 0.500. The number of halogens is 1. The number of amides is 1. The van der Waals surface area contributed by atoms with Gasteiger partial charge in [-0.1, -0.05) is 26.0 Å². The number of piperidine rings is 1. The van der Waals surface area contributed by atoms with Crippen LogP contribution in [0.1, 0.15) is 38.7 Å². The summed E-state index contributed by atoms with van der Waals surface area (Å²) in [5.74, 6) is 0.196. The maximum absolute atomic E-state index is 13.6. The molecule has 32 heavy (non-hydrogen) atoms. The van der Waals surface area contributed by atoms with Gasteiger partial charge in [0.1, 0.15) is 10.7 Å². The maximum Gasteiger partial charge on any atom is 0.244 e. The smallest absolute Gasteiger partial charge is 0.244 e. The first kappa shape index (κ1) is 22.9. The summed E-state index contributed by atoms with van der Waals surface area (Å²) in [6, 6.07) is 9.67. The first-order valence-corrected chi connectivity index (χ1v) is 12.6. The van der Waals surface area contributed by atoms with E-state index in [9.17, 15) is 17.6 Å². The Hall–Kier alpha value is -2.32. The Kier molecular flexibility index (Phi) is 6.36. The number of nitrogens with zero attached hydrogens (tertiary/aromatic N) is 3. The van der Waals surface area contributed by atoms with Crippen molar-refractivity contribution in [2.45, 2.75) is 50.5 Å². The van der Waals surface area contributed by atoms with E-state index < -0.39 is 15.4 Å². The number of benzene rings is 1. The lowest BCUT2D eigenvalue weighted by atomic mass is 9.76. The van der Waals surface area contributed by atoms with Crippen LogP contribution in [0.15, 0.2) is 53.7 Å². The van der Waals surface area contributed by atoms with Crippen LogP contribution in [0.3, 0.4) is 0 Å². The Morgan fingerprint density at radius 2 is 1.84 bits per heavy atom. The molecule has 1 amide bonds. The molecule has 2 saturated heterocycles. The van der Waals surface area contributed by atoms with Gasteiger partial charge in [0.15, 0.2) is 0 Å². The number of sulfonamides is 1. The summed E-state index contributed by atoms with van der Waals surface area (Å²) >= 11 is 0. The van der Waals surface area contributed by atoms with E-state index >= 15 is 0 Å². The minimum atomic E-state index is -3.61. The molecule has 3 heterocycles. The summed E-state index contributed by atoms with van der Waals surface area (Å²) in [6.07, 6.45) is 5.32. The molecule has 0 N–H and O–H groups in total. The molecule has 1 aromatic heterocycles. The quantitative estimate of drug-likeness (QED) is 0.663. The van der Waals surface area contributed by atoms with Crippen molar-refractivity contribution in [3.8, 4) is 0 Å². The number of pyridine rings is 1. The van der Waals surface area contributed by atoms with E-state index in [0.29, 0.717) is 51.2 Å². The van der Waals surface area contributed by atoms with Crippen molar-refractivity contribution in [3.05, 3.63) is 60.2 Å². The molecule has 172 valence electrons. The summed E-state index contributed by atoms with van der Waals surface area (Å²) in [6.45, 7) is 5.50. The summed E-state index contributed by atoms with van der Waals surface area (Å²) < 4.78 is 40.8. The molecule has 1 spiro atoms. The van der Waals surface area contributed by atoms with Crippen LogP contribution in [0.25, 0.3) is 0 Å². The van der Waals surface area contributed by atoms with Gasteiger partial charge in [0.2, 0.25) is 15.9 Å². The van der Waals surface area contributed by atoms with Gasteiger partial charge in [0, 0.05) is 38.1 Å². The molecule has 2 aliphatic heterocycles. The van der Waals surface area contributed by atoms with Crippen molar-refractivity contribution in [2.75, 3.05) is 19.6 Å². The van der Waals surface area contributed by atoms with Crippen LogP contribution in [-0.2, 0) is 21.2 Å². The highest BCUT2D eigenvalue weighted by Crippen LogP contribution is 2.46. The van der Waals surface area contributed by atoms with Crippen LogP contribution in [0, 0.1) is 17.2 Å². The largest absolute Gasteiger partial charge is 0.339 e. The van der Waals surface area contributed by atoms with Crippen molar-refractivity contribution in [2.24, 2.45) is 11.3 Å². The highest BCUT2D eigenvalue weighted by atomic mass is 32.2. The number of rotatable bonds is 6. The number of aromatic nitrogens is 1. The zero-order chi connectivity index (χ0) is 22.9. The van der Waals surface area contributed by atoms with Crippen LogP contribution < -0.4 is 0 Å². The van der Waals surface area contributed by atoms with Crippen LogP contribution >= 0.6 is 0 Å². The van der Waals surface area contributed by atoms with E-state index in [2.05, 4.69) is 18.8 Å². The van der Waals surface area contributed by atoms with Crippen LogP contribution in [0.4, 0.5) is 4.39 Å². The molecule has 4 rings (SSSR count). The van der Waals surface area contributed by atoms with E-state index in [4.69, 9.17) is 0 Å². The second kappa shape index (κ2) is 8.90. The molecule has 0 aliphatic carbocycles. The molecule has 0 bridgehead atoms. The van der Waals surface area contributed by atoms with Gasteiger partial charge in [-0.05, 0) is 61.4 Å². The fourth-order valence-electron chi connectivity index (χ4n) is 5.04. The third kappa shape index (κ3) is 4.43. The Labute approximate surface area is 189 Å². The molecule has 2 aliphatic rings. The number of carbonyl (C=O) groups is 1. The molecular formula is C24H30FN3O3S. The average molecular weight is 460 g/mol. The van der Waals surface area contributed by atoms with Gasteiger partial charge in [-0.2, -0.15) is 4.31 Å². The predicted molar refractivity (Wildman–Crippen MR) is 120 cm³/mol. The van der Waals surface area contributed by atoms with Gasteiger partial charge < -0.3 is 4.90 Å². The zero-order valence-electron chi connectivity index (χ0n) is 18.6. The van der Waals surface area contributed by atoms with Gasteiger partial charge in [-0.3, -0.25) is 9.78 Å². The average Bonchev–Trinajstić information content (AvgIpc) is 3.01. The number of carbonyl (C=O) groups excluding carboxylic acids is 1. The lowest BCUT2D eigenvalue weighted by molar-refractivity contribution is -0.139. The molecule has 0 radical (unpaired) electrons. The SMILES string of the molecule is CC(C)CN1C(=O)C2(CCN(S(=O)(=O)c3cccnc3)CC2)C[C@@H]1Cc1ccc(F)cc1. The summed E-state index contributed by atoms with van der Waals surface area (Å²) in [4.78, 5) is 19.7. The summed E-state index contributed by atoms with van der Waals surface area (Å²) in [7, 11) is -3.61. The summed E-state index contributed by atoms with van der Waals surface area (Å²) in [5, 5.41) is 0. The van der Waals surface area contributed by atoms with Crippen molar-refractivity contribution in [3.63, 3.8) is 0 Å². The van der Waals surface area contributed by atoms with E-state index in [-0.39, 0.29) is 22.7 Å². The van der Waals surface area contributed by atoms with Crippen molar-refractivity contribution >= 4 is 15.9 Å². The second-order valence-electron chi connectivity index (χ2n) is 9.41. The zero-order valence-corrected chi connectivity index (χ0v) is 19.4. The van der Waals surface area contributed by atoms with Gasteiger partial charge in [-0.15, -0.1) is 0 Å². The highest BCUT2D eigenvalue weighted by Gasteiger charge is 2.53. The van der Waals surface area contributed by atoms with Gasteiger partial charge in [0.05, 0.1) is 5.41 Å². The molecule has 2 aromatic rings. The first-order chi connectivity index (χ1) is 15.2. The molecule has 0 unspecified atom stereocenters. The lowest BCUT2D eigenvalue weighted by Crippen LogP contribution is -2.47. The first-order valence-electron chi connectivity index (χ1n) is 11.2. The second-order valence-corrected chi connectivity index (χ2v) is 11.4. The Bertz CT molecular complexity index is 1050. The molecular weight excluding hydrogens is 429 g/mol. The van der Waals surface area contributed by atoms with E-state index in [1.54, 1.807) is 30.5 Å². The molecule has 6 nitrogen and oxygen atoms in total. The number of hydrogen-bond acceptors (Lipinski definition) is 4. The molecule has 0 saturated carbocycles. The Morgan fingerprint density at radius 3 is 2.44 bits per heavy atom. The van der Waals surface area contributed by atoms with E-state index in [1.807, 2.05) is 4.90 Å². The van der Waals surface area contributed by atoms with Gasteiger partial charge >= 0.3 is 0 Å².